The zero-order valence-electron chi connectivity index (χ0n) is 14.2. The number of hydrogen-bond donors (Lipinski definition) is 0. The van der Waals surface area contributed by atoms with Crippen LogP contribution in [0.1, 0.15) is 31.2 Å². The van der Waals surface area contributed by atoms with Crippen LogP contribution in [0.3, 0.4) is 0 Å². The van der Waals surface area contributed by atoms with Gasteiger partial charge in [0, 0.05) is 12.3 Å². The van der Waals surface area contributed by atoms with Crippen molar-refractivity contribution in [3.63, 3.8) is 0 Å². The normalized spacial score (nSPS) is 12.7. The van der Waals surface area contributed by atoms with Crippen LogP contribution in [-0.4, -0.2) is 27.8 Å². The third kappa shape index (κ3) is 3.19. The van der Waals surface area contributed by atoms with Crippen LogP contribution in [0.5, 0.6) is 11.5 Å². The van der Waals surface area contributed by atoms with Crippen molar-refractivity contribution >= 4 is 29.4 Å². The fraction of sp³-hybridized carbons (Fsp3) is 0. The molecule has 2 heterocycles. The van der Waals surface area contributed by atoms with Crippen molar-refractivity contribution in [3.8, 4) is 11.5 Å². The highest BCUT2D eigenvalue weighted by molar-refractivity contribution is 6.32. The SMILES string of the molecule is O=C(ON1C(=O)c2ccccc2C1=O)c1cc(Oc2ccccc2Cl)ccn1. The molecule has 138 valence electrons. The summed E-state index contributed by atoms with van der Waals surface area (Å²) in [5.41, 5.74) is 0.203. The van der Waals surface area contributed by atoms with Gasteiger partial charge in [-0.15, -0.1) is 0 Å². The fourth-order valence-corrected chi connectivity index (χ4v) is 2.79. The van der Waals surface area contributed by atoms with Crippen LogP contribution < -0.4 is 4.74 Å². The summed E-state index contributed by atoms with van der Waals surface area (Å²) in [5.74, 6) is -1.71. The van der Waals surface area contributed by atoms with E-state index in [1.165, 1.54) is 30.5 Å². The Morgan fingerprint density at radius 2 is 1.57 bits per heavy atom. The summed E-state index contributed by atoms with van der Waals surface area (Å²) < 4.78 is 5.64. The Labute approximate surface area is 164 Å². The summed E-state index contributed by atoms with van der Waals surface area (Å²) in [6.07, 6.45) is 1.34. The average Bonchev–Trinajstić information content (AvgIpc) is 2.95. The molecule has 3 aromatic rings. The van der Waals surface area contributed by atoms with E-state index in [4.69, 9.17) is 21.2 Å². The number of pyridine rings is 1. The Hall–Kier alpha value is -3.71. The number of hydroxylamine groups is 2. The number of aromatic nitrogens is 1. The number of benzene rings is 2. The molecule has 2 amide bonds. The molecule has 0 N–H and O–H groups in total. The number of hydrogen-bond acceptors (Lipinski definition) is 6. The molecule has 8 heteroatoms. The van der Waals surface area contributed by atoms with E-state index in [2.05, 4.69) is 4.98 Å². The summed E-state index contributed by atoms with van der Waals surface area (Å²) in [4.78, 5) is 45.9. The lowest BCUT2D eigenvalue weighted by Crippen LogP contribution is -2.32. The van der Waals surface area contributed by atoms with Gasteiger partial charge >= 0.3 is 5.97 Å². The molecular formula is C20H11ClN2O5. The van der Waals surface area contributed by atoms with Gasteiger partial charge in [-0.1, -0.05) is 40.9 Å². The van der Waals surface area contributed by atoms with Gasteiger partial charge in [0.2, 0.25) is 0 Å². The molecule has 0 unspecified atom stereocenters. The van der Waals surface area contributed by atoms with Crippen molar-refractivity contribution in [3.05, 3.63) is 88.7 Å². The van der Waals surface area contributed by atoms with Crippen LogP contribution in [0.2, 0.25) is 5.02 Å². The minimum atomic E-state index is -0.973. The number of fused-ring (bicyclic) bond motifs is 1. The highest BCUT2D eigenvalue weighted by atomic mass is 35.5. The number of nitrogens with zero attached hydrogens (tertiary/aromatic N) is 2. The standard InChI is InChI=1S/C20H11ClN2O5/c21-15-7-3-4-8-17(15)27-12-9-10-22-16(11-12)20(26)28-23-18(24)13-5-1-2-6-14(13)19(23)25/h1-11H. The predicted molar refractivity (Wildman–Crippen MR) is 98.1 cm³/mol. The van der Waals surface area contributed by atoms with E-state index in [1.54, 1.807) is 36.4 Å². The van der Waals surface area contributed by atoms with Crippen molar-refractivity contribution < 1.29 is 24.0 Å². The molecule has 7 nitrogen and oxygen atoms in total. The van der Waals surface area contributed by atoms with Gasteiger partial charge in [0.1, 0.15) is 11.5 Å². The van der Waals surface area contributed by atoms with E-state index in [1.807, 2.05) is 0 Å². The van der Waals surface area contributed by atoms with Crippen molar-refractivity contribution in [1.82, 2.24) is 10.0 Å². The third-order valence-corrected chi connectivity index (χ3v) is 4.25. The smallest absolute Gasteiger partial charge is 0.382 e. The van der Waals surface area contributed by atoms with Crippen LogP contribution >= 0.6 is 11.6 Å². The molecule has 1 aromatic heterocycles. The van der Waals surface area contributed by atoms with E-state index in [9.17, 15) is 14.4 Å². The Morgan fingerprint density at radius 1 is 0.929 bits per heavy atom. The van der Waals surface area contributed by atoms with Gasteiger partial charge in [0.15, 0.2) is 5.69 Å². The first-order chi connectivity index (χ1) is 13.5. The summed E-state index contributed by atoms with van der Waals surface area (Å²) in [6.45, 7) is 0. The van der Waals surface area contributed by atoms with Gasteiger partial charge in [-0.25, -0.2) is 9.78 Å². The summed E-state index contributed by atoms with van der Waals surface area (Å²) in [5, 5.41) is 0.825. The molecule has 0 radical (unpaired) electrons. The molecule has 0 saturated heterocycles. The van der Waals surface area contributed by atoms with E-state index < -0.39 is 17.8 Å². The monoisotopic (exact) mass is 394 g/mol. The van der Waals surface area contributed by atoms with Crippen molar-refractivity contribution in [2.24, 2.45) is 0 Å². The minimum absolute atomic E-state index is 0.138. The number of para-hydroxylation sites is 1. The van der Waals surface area contributed by atoms with Crippen molar-refractivity contribution in [2.45, 2.75) is 0 Å². The number of ether oxygens (including phenoxy) is 1. The quantitative estimate of drug-likeness (QED) is 0.624. The summed E-state index contributed by atoms with van der Waals surface area (Å²) in [7, 11) is 0. The second kappa shape index (κ2) is 7.13. The zero-order valence-corrected chi connectivity index (χ0v) is 14.9. The molecular weight excluding hydrogens is 384 g/mol. The van der Waals surface area contributed by atoms with Gasteiger partial charge in [0.05, 0.1) is 16.1 Å². The topological polar surface area (TPSA) is 85.8 Å². The molecule has 0 atom stereocenters. The van der Waals surface area contributed by atoms with E-state index in [0.29, 0.717) is 15.8 Å². The lowest BCUT2D eigenvalue weighted by atomic mass is 10.1. The van der Waals surface area contributed by atoms with Gasteiger partial charge in [-0.3, -0.25) is 9.59 Å². The summed E-state index contributed by atoms with van der Waals surface area (Å²) >= 11 is 6.05. The first kappa shape index (κ1) is 17.7. The van der Waals surface area contributed by atoms with Crippen LogP contribution in [0.15, 0.2) is 66.9 Å². The maximum Gasteiger partial charge on any atom is 0.382 e. The Morgan fingerprint density at radius 3 is 2.25 bits per heavy atom. The zero-order chi connectivity index (χ0) is 19.7. The van der Waals surface area contributed by atoms with E-state index in [0.717, 1.165) is 0 Å². The van der Waals surface area contributed by atoms with Gasteiger partial charge in [-0.05, 0) is 30.3 Å². The first-order valence-corrected chi connectivity index (χ1v) is 8.51. The Balaban J connectivity index is 1.53. The minimum Gasteiger partial charge on any atom is -0.456 e. The van der Waals surface area contributed by atoms with Gasteiger partial charge in [0.25, 0.3) is 11.8 Å². The molecule has 4 rings (SSSR count). The highest BCUT2D eigenvalue weighted by Gasteiger charge is 2.39. The fourth-order valence-electron chi connectivity index (χ4n) is 2.62. The van der Waals surface area contributed by atoms with Crippen LogP contribution in [0.4, 0.5) is 0 Å². The maximum absolute atomic E-state index is 12.4. The molecule has 1 aliphatic heterocycles. The second-order valence-electron chi connectivity index (χ2n) is 5.74. The maximum atomic E-state index is 12.4. The molecule has 0 aliphatic carbocycles. The predicted octanol–water partition coefficient (Wildman–Crippen LogP) is 3.90. The number of halogens is 1. The van der Waals surface area contributed by atoms with Crippen LogP contribution in [-0.2, 0) is 4.84 Å². The Bertz CT molecular complexity index is 1080. The molecule has 0 fully saturated rings. The van der Waals surface area contributed by atoms with Crippen molar-refractivity contribution in [2.75, 3.05) is 0 Å². The molecule has 0 bridgehead atoms. The number of carbonyl (C=O) groups excluding carboxylic acids is 3. The third-order valence-electron chi connectivity index (χ3n) is 3.94. The average molecular weight is 395 g/mol. The molecule has 0 saturated carbocycles. The lowest BCUT2D eigenvalue weighted by Gasteiger charge is -2.13. The number of rotatable bonds is 4. The van der Waals surface area contributed by atoms with Crippen molar-refractivity contribution in [1.29, 1.82) is 0 Å². The first-order valence-electron chi connectivity index (χ1n) is 8.13. The van der Waals surface area contributed by atoms with Gasteiger partial charge < -0.3 is 9.57 Å². The van der Waals surface area contributed by atoms with Crippen LogP contribution in [0.25, 0.3) is 0 Å². The Kier molecular flexibility index (Phi) is 4.50. The van der Waals surface area contributed by atoms with Gasteiger partial charge in [-0.2, -0.15) is 0 Å². The largest absolute Gasteiger partial charge is 0.456 e. The van der Waals surface area contributed by atoms with Crippen LogP contribution in [0, 0.1) is 0 Å². The van der Waals surface area contributed by atoms with E-state index >= 15 is 0 Å². The molecule has 2 aromatic carbocycles. The molecule has 0 spiro atoms. The van der Waals surface area contributed by atoms with E-state index in [-0.39, 0.29) is 22.6 Å². The molecule has 1 aliphatic rings. The summed E-state index contributed by atoms with van der Waals surface area (Å²) in [6, 6.07) is 15.9. The highest BCUT2D eigenvalue weighted by Crippen LogP contribution is 2.29. The lowest BCUT2D eigenvalue weighted by molar-refractivity contribution is -0.0588. The number of imide groups is 1. The second-order valence-corrected chi connectivity index (χ2v) is 6.15. The number of amides is 2. The molecule has 28 heavy (non-hydrogen) atoms. The number of carbonyl (C=O) groups is 3.